The molecule has 0 N–H and O–H groups in total. The van der Waals surface area contributed by atoms with E-state index in [1.54, 1.807) is 12.1 Å². The van der Waals surface area contributed by atoms with Gasteiger partial charge in [-0.1, -0.05) is 12.1 Å². The Balaban J connectivity index is 2.72. The summed E-state index contributed by atoms with van der Waals surface area (Å²) in [6.07, 6.45) is 1.21. The minimum Gasteiger partial charge on any atom is -0.301 e. The molecule has 0 bridgehead atoms. The summed E-state index contributed by atoms with van der Waals surface area (Å²) in [5, 5.41) is 0. The van der Waals surface area contributed by atoms with Crippen molar-refractivity contribution in [3.8, 4) is 0 Å². The predicted molar refractivity (Wildman–Crippen MR) is 66.6 cm³/mol. The molecule has 0 atom stereocenters. The van der Waals surface area contributed by atoms with Crippen LogP contribution in [0.4, 0.5) is 0 Å². The molecule has 0 saturated carbocycles. The average molecular weight is 262 g/mol. The van der Waals surface area contributed by atoms with Crippen molar-refractivity contribution in [1.29, 1.82) is 0 Å². The zero-order chi connectivity index (χ0) is 12.2. The van der Waals surface area contributed by atoms with E-state index < -0.39 is 9.84 Å². The highest BCUT2D eigenvalue weighted by atomic mass is 35.5. The van der Waals surface area contributed by atoms with Crippen LogP contribution in [0.3, 0.4) is 0 Å². The fraction of sp³-hybridized carbons (Fsp3) is 0.455. The summed E-state index contributed by atoms with van der Waals surface area (Å²) in [5.41, 5.74) is 1.08. The Bertz CT molecular complexity index is 428. The van der Waals surface area contributed by atoms with E-state index in [1.165, 1.54) is 6.26 Å². The number of halogens is 1. The average Bonchev–Trinajstić information content (AvgIpc) is 2.17. The van der Waals surface area contributed by atoms with Gasteiger partial charge in [-0.05, 0) is 24.7 Å². The third-order valence-corrected chi connectivity index (χ3v) is 3.57. The van der Waals surface area contributed by atoms with E-state index in [1.807, 2.05) is 19.2 Å². The van der Waals surface area contributed by atoms with Crippen LogP contribution in [0, 0.1) is 0 Å². The van der Waals surface area contributed by atoms with E-state index >= 15 is 0 Å². The molecule has 0 aromatic heterocycles. The van der Waals surface area contributed by atoms with Crippen molar-refractivity contribution in [3.63, 3.8) is 0 Å². The van der Waals surface area contributed by atoms with Crippen molar-refractivity contribution in [1.82, 2.24) is 4.90 Å². The number of alkyl halides is 1. The molecule has 0 heterocycles. The maximum atomic E-state index is 11.2. The molecule has 0 radical (unpaired) electrons. The lowest BCUT2D eigenvalue weighted by Gasteiger charge is -2.14. The van der Waals surface area contributed by atoms with Crippen molar-refractivity contribution < 1.29 is 8.42 Å². The first-order valence-corrected chi connectivity index (χ1v) is 7.39. The lowest BCUT2D eigenvalue weighted by Crippen LogP contribution is -2.19. The molecule has 5 heteroatoms. The van der Waals surface area contributed by atoms with Gasteiger partial charge in [-0.3, -0.25) is 0 Å². The SMILES string of the molecule is CN(CCCl)Cc1ccc(S(C)(=O)=O)cc1. The minimum absolute atomic E-state index is 0.358. The van der Waals surface area contributed by atoms with Gasteiger partial charge in [-0.15, -0.1) is 11.6 Å². The number of sulfone groups is 1. The van der Waals surface area contributed by atoms with Gasteiger partial charge in [0.1, 0.15) is 0 Å². The number of hydrogen-bond acceptors (Lipinski definition) is 3. The highest BCUT2D eigenvalue weighted by molar-refractivity contribution is 7.90. The molecular weight excluding hydrogens is 246 g/mol. The van der Waals surface area contributed by atoms with E-state index in [-0.39, 0.29) is 0 Å². The normalized spacial score (nSPS) is 12.0. The number of rotatable bonds is 5. The summed E-state index contributed by atoms with van der Waals surface area (Å²) in [7, 11) is -1.11. The van der Waals surface area contributed by atoms with Gasteiger partial charge >= 0.3 is 0 Å². The Hall–Kier alpha value is -0.580. The molecule has 1 aromatic rings. The summed E-state index contributed by atoms with van der Waals surface area (Å²) in [6.45, 7) is 1.59. The maximum Gasteiger partial charge on any atom is 0.175 e. The Morgan fingerprint density at radius 2 is 1.81 bits per heavy atom. The topological polar surface area (TPSA) is 37.4 Å². The number of benzene rings is 1. The van der Waals surface area contributed by atoms with Crippen LogP contribution >= 0.6 is 11.6 Å². The Kier molecular flexibility index (Phi) is 4.77. The zero-order valence-electron chi connectivity index (χ0n) is 9.48. The lowest BCUT2D eigenvalue weighted by molar-refractivity contribution is 0.348. The molecular formula is C11H16ClNO2S. The van der Waals surface area contributed by atoms with Crippen molar-refractivity contribution >= 4 is 21.4 Å². The van der Waals surface area contributed by atoms with Gasteiger partial charge in [0.25, 0.3) is 0 Å². The zero-order valence-corrected chi connectivity index (χ0v) is 11.1. The van der Waals surface area contributed by atoms with Gasteiger partial charge in [-0.2, -0.15) is 0 Å². The van der Waals surface area contributed by atoms with E-state index in [4.69, 9.17) is 11.6 Å². The van der Waals surface area contributed by atoms with Gasteiger partial charge in [0.05, 0.1) is 4.90 Å². The number of hydrogen-bond donors (Lipinski definition) is 0. The van der Waals surface area contributed by atoms with Gasteiger partial charge < -0.3 is 4.90 Å². The Morgan fingerprint density at radius 3 is 2.25 bits per heavy atom. The second kappa shape index (κ2) is 5.66. The smallest absolute Gasteiger partial charge is 0.175 e. The quantitative estimate of drug-likeness (QED) is 0.758. The molecule has 3 nitrogen and oxygen atoms in total. The van der Waals surface area contributed by atoms with Gasteiger partial charge in [0.15, 0.2) is 9.84 Å². The third-order valence-electron chi connectivity index (χ3n) is 2.27. The largest absolute Gasteiger partial charge is 0.301 e. The number of nitrogens with zero attached hydrogens (tertiary/aromatic N) is 1. The highest BCUT2D eigenvalue weighted by Crippen LogP contribution is 2.11. The first-order valence-electron chi connectivity index (χ1n) is 4.97. The van der Waals surface area contributed by atoms with Crippen molar-refractivity contribution in [2.75, 3.05) is 25.7 Å². The fourth-order valence-corrected chi connectivity index (χ4v) is 2.30. The van der Waals surface area contributed by atoms with Crippen LogP contribution in [0.2, 0.25) is 0 Å². The van der Waals surface area contributed by atoms with Gasteiger partial charge in [-0.25, -0.2) is 8.42 Å². The second-order valence-electron chi connectivity index (χ2n) is 3.84. The summed E-state index contributed by atoms with van der Waals surface area (Å²) in [6, 6.07) is 6.95. The van der Waals surface area contributed by atoms with Gasteiger partial charge in [0.2, 0.25) is 0 Å². The molecule has 0 aliphatic rings. The van der Waals surface area contributed by atoms with Crippen LogP contribution in [-0.2, 0) is 16.4 Å². The fourth-order valence-electron chi connectivity index (χ4n) is 1.38. The van der Waals surface area contributed by atoms with E-state index in [0.717, 1.165) is 18.7 Å². The van der Waals surface area contributed by atoms with Crippen molar-refractivity contribution in [2.45, 2.75) is 11.4 Å². The minimum atomic E-state index is -3.09. The molecule has 1 aromatic carbocycles. The molecule has 90 valence electrons. The highest BCUT2D eigenvalue weighted by Gasteiger charge is 2.06. The first-order chi connectivity index (χ1) is 7.43. The van der Waals surface area contributed by atoms with E-state index in [2.05, 4.69) is 4.90 Å². The second-order valence-corrected chi connectivity index (χ2v) is 6.24. The van der Waals surface area contributed by atoms with Crippen LogP contribution in [-0.4, -0.2) is 39.0 Å². The van der Waals surface area contributed by atoms with E-state index in [9.17, 15) is 8.42 Å². The first kappa shape index (κ1) is 13.5. The van der Waals surface area contributed by atoms with Crippen molar-refractivity contribution in [2.24, 2.45) is 0 Å². The molecule has 0 spiro atoms. The predicted octanol–water partition coefficient (Wildman–Crippen LogP) is 1.76. The van der Waals surface area contributed by atoms with Crippen LogP contribution < -0.4 is 0 Å². The third kappa shape index (κ3) is 4.12. The van der Waals surface area contributed by atoms with Gasteiger partial charge in [0, 0.05) is 25.2 Å². The van der Waals surface area contributed by atoms with Crippen LogP contribution in [0.1, 0.15) is 5.56 Å². The molecule has 0 fully saturated rings. The Labute approximate surface area is 102 Å². The van der Waals surface area contributed by atoms with Crippen LogP contribution in [0.25, 0.3) is 0 Å². The Morgan fingerprint density at radius 1 is 1.25 bits per heavy atom. The molecule has 16 heavy (non-hydrogen) atoms. The van der Waals surface area contributed by atoms with Crippen molar-refractivity contribution in [3.05, 3.63) is 29.8 Å². The lowest BCUT2D eigenvalue weighted by atomic mass is 10.2. The molecule has 1 rings (SSSR count). The standard InChI is InChI=1S/C11H16ClNO2S/c1-13(8-7-12)9-10-3-5-11(6-4-10)16(2,14)15/h3-6H,7-9H2,1-2H3. The molecule has 0 aliphatic heterocycles. The summed E-state index contributed by atoms with van der Waals surface area (Å²) >= 11 is 5.63. The summed E-state index contributed by atoms with van der Waals surface area (Å²) < 4.78 is 22.5. The molecule has 0 unspecified atom stereocenters. The molecule has 0 aliphatic carbocycles. The maximum absolute atomic E-state index is 11.2. The van der Waals surface area contributed by atoms with E-state index in [0.29, 0.717) is 10.8 Å². The van der Waals surface area contributed by atoms with Crippen LogP contribution in [0.5, 0.6) is 0 Å². The molecule has 0 amide bonds. The summed E-state index contributed by atoms with van der Waals surface area (Å²) in [4.78, 5) is 2.44. The summed E-state index contributed by atoms with van der Waals surface area (Å²) in [5.74, 6) is 0.595. The monoisotopic (exact) mass is 261 g/mol. The van der Waals surface area contributed by atoms with Crippen LogP contribution in [0.15, 0.2) is 29.2 Å². The molecule has 0 saturated heterocycles.